The lowest BCUT2D eigenvalue weighted by atomic mass is 10.4. The van der Waals surface area contributed by atoms with E-state index in [-0.39, 0.29) is 0 Å². The molecule has 0 unspecified atom stereocenters. The van der Waals surface area contributed by atoms with Gasteiger partial charge in [0.1, 0.15) is 12.4 Å². The first-order chi connectivity index (χ1) is 6.88. The number of rotatable bonds is 7. The Balaban J connectivity index is 2.30. The van der Waals surface area contributed by atoms with Gasteiger partial charge in [0.25, 0.3) is 5.82 Å². The molecule has 0 aliphatic rings. The molecule has 3 heteroatoms. The molecular weight excluding hydrogens is 192 g/mol. The van der Waals surface area contributed by atoms with Crippen LogP contribution in [-0.4, -0.2) is 16.5 Å². The average molecular weight is 213 g/mol. The van der Waals surface area contributed by atoms with Crippen molar-refractivity contribution >= 4 is 11.8 Å². The van der Waals surface area contributed by atoms with E-state index >= 15 is 0 Å². The van der Waals surface area contributed by atoms with Crippen LogP contribution in [-0.2, 0) is 13.0 Å². The van der Waals surface area contributed by atoms with E-state index in [4.69, 9.17) is 0 Å². The van der Waals surface area contributed by atoms with Crippen molar-refractivity contribution in [3.63, 3.8) is 0 Å². The summed E-state index contributed by atoms with van der Waals surface area (Å²) in [6.07, 6.45) is 7.83. The van der Waals surface area contributed by atoms with E-state index in [1.165, 1.54) is 30.2 Å². The minimum Gasteiger partial charge on any atom is -0.248 e. The molecule has 80 valence electrons. The summed E-state index contributed by atoms with van der Waals surface area (Å²) in [7, 11) is 0. The summed E-state index contributed by atoms with van der Waals surface area (Å²) in [6, 6.07) is 0. The zero-order valence-electron chi connectivity index (χ0n) is 9.25. The molecule has 0 bridgehead atoms. The monoisotopic (exact) mass is 213 g/mol. The molecule has 0 atom stereocenters. The third-order valence-corrected chi connectivity index (χ3v) is 3.34. The molecule has 1 N–H and O–H groups in total. The van der Waals surface area contributed by atoms with Gasteiger partial charge in [0.15, 0.2) is 0 Å². The summed E-state index contributed by atoms with van der Waals surface area (Å²) in [5, 5.41) is 0. The first-order valence-electron chi connectivity index (χ1n) is 5.52. The molecule has 0 aliphatic carbocycles. The van der Waals surface area contributed by atoms with Gasteiger partial charge in [0.2, 0.25) is 0 Å². The zero-order valence-corrected chi connectivity index (χ0v) is 10.1. The van der Waals surface area contributed by atoms with Crippen LogP contribution in [0.2, 0.25) is 0 Å². The highest BCUT2D eigenvalue weighted by Gasteiger charge is 2.08. The Bertz CT molecular complexity index is 245. The molecule has 0 spiro atoms. The van der Waals surface area contributed by atoms with E-state index in [1.807, 2.05) is 18.0 Å². The van der Waals surface area contributed by atoms with Crippen molar-refractivity contribution < 1.29 is 4.57 Å². The largest absolute Gasteiger partial charge is 0.255 e. The number of nitrogens with zero attached hydrogens (tertiary/aromatic N) is 1. The van der Waals surface area contributed by atoms with Crippen LogP contribution in [0.15, 0.2) is 12.4 Å². The lowest BCUT2D eigenvalue weighted by Gasteiger charge is -1.99. The Kier molecular flexibility index (Phi) is 5.76. The van der Waals surface area contributed by atoms with Crippen molar-refractivity contribution in [3.05, 3.63) is 18.2 Å². The predicted molar refractivity (Wildman–Crippen MR) is 62.6 cm³/mol. The number of nitrogens with one attached hydrogen (secondary N) is 1. The van der Waals surface area contributed by atoms with Crippen molar-refractivity contribution in [3.8, 4) is 0 Å². The Labute approximate surface area is 91.1 Å². The number of thioether (sulfide) groups is 1. The lowest BCUT2D eigenvalue weighted by Crippen LogP contribution is -2.36. The quantitative estimate of drug-likeness (QED) is 0.544. The normalized spacial score (nSPS) is 10.7. The van der Waals surface area contributed by atoms with E-state index in [0.29, 0.717) is 0 Å². The van der Waals surface area contributed by atoms with Gasteiger partial charge >= 0.3 is 0 Å². The van der Waals surface area contributed by atoms with Gasteiger partial charge in [0.05, 0.1) is 13.0 Å². The van der Waals surface area contributed by atoms with E-state index in [9.17, 15) is 0 Å². The molecule has 1 rings (SSSR count). The Morgan fingerprint density at radius 2 is 2.14 bits per heavy atom. The number of aromatic nitrogens is 2. The maximum atomic E-state index is 3.32. The summed E-state index contributed by atoms with van der Waals surface area (Å²) < 4.78 is 2.33. The lowest BCUT2D eigenvalue weighted by molar-refractivity contribution is -0.702. The predicted octanol–water partition coefficient (Wildman–Crippen LogP) is 2.40. The molecule has 0 fully saturated rings. The van der Waals surface area contributed by atoms with Crippen molar-refractivity contribution in [2.24, 2.45) is 0 Å². The standard InChI is InChI=1S/C11H20N2S/c1-3-7-13-8-6-12-11(13)5-10-14-9-4-2/h6,8H,3-5,7,9-10H2,1-2H3/p+1. The fourth-order valence-electron chi connectivity index (χ4n) is 1.48. The minimum atomic E-state index is 1.14. The molecule has 0 saturated heterocycles. The fourth-order valence-corrected chi connectivity index (χ4v) is 2.31. The minimum absolute atomic E-state index is 1.14. The van der Waals surface area contributed by atoms with Crippen LogP contribution in [0.4, 0.5) is 0 Å². The van der Waals surface area contributed by atoms with Crippen LogP contribution >= 0.6 is 11.8 Å². The zero-order chi connectivity index (χ0) is 10.2. The molecule has 1 aromatic heterocycles. The van der Waals surface area contributed by atoms with E-state index in [1.54, 1.807) is 0 Å². The Hall–Kier alpha value is -0.440. The number of aromatic amines is 1. The summed E-state index contributed by atoms with van der Waals surface area (Å²) in [5.41, 5.74) is 0. The third-order valence-electron chi connectivity index (χ3n) is 2.15. The molecule has 0 radical (unpaired) electrons. The van der Waals surface area contributed by atoms with Crippen LogP contribution in [0.1, 0.15) is 32.5 Å². The van der Waals surface area contributed by atoms with Crippen molar-refractivity contribution in [2.75, 3.05) is 11.5 Å². The first-order valence-corrected chi connectivity index (χ1v) is 6.67. The summed E-state index contributed by atoms with van der Waals surface area (Å²) in [6.45, 7) is 5.59. The first kappa shape index (κ1) is 11.6. The second kappa shape index (κ2) is 6.93. The highest BCUT2D eigenvalue weighted by molar-refractivity contribution is 7.99. The Morgan fingerprint density at radius 3 is 2.86 bits per heavy atom. The van der Waals surface area contributed by atoms with Gasteiger partial charge < -0.3 is 0 Å². The molecule has 0 aliphatic heterocycles. The number of H-pyrrole nitrogens is 1. The van der Waals surface area contributed by atoms with Crippen LogP contribution in [0.25, 0.3) is 0 Å². The van der Waals surface area contributed by atoms with Gasteiger partial charge in [-0.1, -0.05) is 13.8 Å². The molecule has 1 aromatic rings. The maximum absolute atomic E-state index is 3.32. The number of imidazole rings is 1. The fraction of sp³-hybridized carbons (Fsp3) is 0.727. The van der Waals surface area contributed by atoms with Gasteiger partial charge in [0, 0.05) is 5.75 Å². The van der Waals surface area contributed by atoms with Crippen molar-refractivity contribution in [2.45, 2.75) is 39.7 Å². The van der Waals surface area contributed by atoms with E-state index < -0.39 is 0 Å². The van der Waals surface area contributed by atoms with Crippen molar-refractivity contribution in [1.82, 2.24) is 4.98 Å². The van der Waals surface area contributed by atoms with Crippen LogP contribution in [0.5, 0.6) is 0 Å². The second-order valence-electron chi connectivity index (χ2n) is 3.46. The average Bonchev–Trinajstić information content (AvgIpc) is 2.61. The van der Waals surface area contributed by atoms with Crippen molar-refractivity contribution in [1.29, 1.82) is 0 Å². The summed E-state index contributed by atoms with van der Waals surface area (Å²) in [5.74, 6) is 3.89. The van der Waals surface area contributed by atoms with Gasteiger partial charge in [-0.15, -0.1) is 0 Å². The molecule has 0 saturated carbocycles. The van der Waals surface area contributed by atoms with Gasteiger partial charge in [-0.05, 0) is 18.6 Å². The van der Waals surface area contributed by atoms with Crippen LogP contribution < -0.4 is 4.57 Å². The molecule has 0 aromatic carbocycles. The molecule has 2 nitrogen and oxygen atoms in total. The van der Waals surface area contributed by atoms with Gasteiger partial charge in [-0.3, -0.25) is 0 Å². The number of aryl methyl sites for hydroxylation is 2. The summed E-state index contributed by atoms with van der Waals surface area (Å²) in [4.78, 5) is 3.32. The SMILES string of the molecule is CCCSCCc1[nH]cc[n+]1CCC. The summed E-state index contributed by atoms with van der Waals surface area (Å²) >= 11 is 2.04. The highest BCUT2D eigenvalue weighted by Crippen LogP contribution is 2.04. The van der Waals surface area contributed by atoms with Crippen LogP contribution in [0, 0.1) is 0 Å². The second-order valence-corrected chi connectivity index (χ2v) is 4.69. The molecule has 0 amide bonds. The highest BCUT2D eigenvalue weighted by atomic mass is 32.2. The molecule has 1 heterocycles. The maximum Gasteiger partial charge on any atom is 0.255 e. The molecule has 14 heavy (non-hydrogen) atoms. The van der Waals surface area contributed by atoms with Gasteiger partial charge in [-0.25, -0.2) is 9.55 Å². The topological polar surface area (TPSA) is 19.7 Å². The van der Waals surface area contributed by atoms with E-state index in [0.717, 1.165) is 13.0 Å². The molecular formula is C11H21N2S+. The van der Waals surface area contributed by atoms with Crippen LogP contribution in [0.3, 0.4) is 0 Å². The van der Waals surface area contributed by atoms with E-state index in [2.05, 4.69) is 29.6 Å². The smallest absolute Gasteiger partial charge is 0.248 e. The third kappa shape index (κ3) is 3.74. The number of hydrogen-bond donors (Lipinski definition) is 1. The Morgan fingerprint density at radius 1 is 1.29 bits per heavy atom. The van der Waals surface area contributed by atoms with Gasteiger partial charge in [-0.2, -0.15) is 11.8 Å². The number of hydrogen-bond acceptors (Lipinski definition) is 1.